The van der Waals surface area contributed by atoms with Crippen LogP contribution in [0.1, 0.15) is 0 Å². The van der Waals surface area contributed by atoms with Crippen LogP contribution in [-0.4, -0.2) is 6.01 Å². The first-order chi connectivity index (χ1) is 8.83. The Labute approximate surface area is 105 Å². The van der Waals surface area contributed by atoms with Gasteiger partial charge in [0.25, 0.3) is 0 Å². The summed E-state index contributed by atoms with van der Waals surface area (Å²) in [5.74, 6) is 0. The standard InChI is InChI=1S/C14H10N4/c15-9-17-13-5-1-11(2-6-13)12-3-7-14(8-4-12)18-10-16/h1-8,15,18H. The van der Waals surface area contributed by atoms with Crippen molar-refractivity contribution in [1.82, 2.24) is 0 Å². The zero-order chi connectivity index (χ0) is 12.8. The van der Waals surface area contributed by atoms with E-state index in [4.69, 9.17) is 10.7 Å². The van der Waals surface area contributed by atoms with Gasteiger partial charge in [0.05, 0.1) is 11.7 Å². The third-order valence-electron chi connectivity index (χ3n) is 2.47. The summed E-state index contributed by atoms with van der Waals surface area (Å²) in [7, 11) is 0. The molecule has 0 aliphatic rings. The molecule has 0 saturated carbocycles. The molecule has 4 nitrogen and oxygen atoms in total. The number of nitriles is 1. The predicted molar refractivity (Wildman–Crippen MR) is 70.9 cm³/mol. The minimum Gasteiger partial charge on any atom is -0.293 e. The second-order valence-corrected chi connectivity index (χ2v) is 3.58. The minimum absolute atomic E-state index is 0.705. The molecule has 86 valence electrons. The van der Waals surface area contributed by atoms with Crippen LogP contribution in [0.5, 0.6) is 0 Å². The third kappa shape index (κ3) is 2.62. The van der Waals surface area contributed by atoms with Gasteiger partial charge < -0.3 is 0 Å². The molecule has 0 aliphatic carbocycles. The minimum atomic E-state index is 0.705. The lowest BCUT2D eigenvalue weighted by atomic mass is 10.1. The van der Waals surface area contributed by atoms with E-state index in [9.17, 15) is 0 Å². The van der Waals surface area contributed by atoms with Gasteiger partial charge in [0.2, 0.25) is 0 Å². The Hall–Kier alpha value is -2.89. The zero-order valence-electron chi connectivity index (χ0n) is 9.51. The average molecular weight is 234 g/mol. The van der Waals surface area contributed by atoms with Gasteiger partial charge in [-0.05, 0) is 35.4 Å². The zero-order valence-corrected chi connectivity index (χ0v) is 9.51. The first-order valence-electron chi connectivity index (χ1n) is 5.31. The highest BCUT2D eigenvalue weighted by Gasteiger charge is 1.98. The summed E-state index contributed by atoms with van der Waals surface area (Å²) in [5, 5.41) is 17.8. The Bertz CT molecular complexity index is 614. The number of rotatable bonds is 3. The summed E-state index contributed by atoms with van der Waals surface area (Å²) in [4.78, 5) is 3.75. The van der Waals surface area contributed by atoms with Crippen LogP contribution in [-0.2, 0) is 0 Å². The van der Waals surface area contributed by atoms with Crippen LogP contribution in [0.15, 0.2) is 53.5 Å². The summed E-state index contributed by atoms with van der Waals surface area (Å²) >= 11 is 0. The SMILES string of the molecule is N#CNc1ccc(-c2ccc(N=C=N)cc2)cc1. The van der Waals surface area contributed by atoms with Crippen molar-refractivity contribution >= 4 is 17.4 Å². The van der Waals surface area contributed by atoms with Crippen molar-refractivity contribution in [2.45, 2.75) is 0 Å². The van der Waals surface area contributed by atoms with Crippen LogP contribution in [0.2, 0.25) is 0 Å². The fourth-order valence-corrected chi connectivity index (χ4v) is 1.60. The van der Waals surface area contributed by atoms with E-state index in [1.165, 1.54) is 0 Å². The van der Waals surface area contributed by atoms with Crippen molar-refractivity contribution in [2.24, 2.45) is 4.99 Å². The summed E-state index contributed by atoms with van der Waals surface area (Å²) < 4.78 is 0. The first kappa shape index (κ1) is 11.6. The molecule has 2 rings (SSSR count). The van der Waals surface area contributed by atoms with Crippen molar-refractivity contribution in [3.8, 4) is 17.3 Å². The maximum Gasteiger partial charge on any atom is 0.181 e. The molecule has 2 aromatic rings. The molecule has 0 amide bonds. The van der Waals surface area contributed by atoms with E-state index in [0.717, 1.165) is 16.8 Å². The Morgan fingerprint density at radius 1 is 0.944 bits per heavy atom. The molecule has 0 aromatic heterocycles. The monoisotopic (exact) mass is 234 g/mol. The lowest BCUT2D eigenvalue weighted by Crippen LogP contribution is -1.86. The number of aliphatic imine (C=N–C) groups is 1. The summed E-state index contributed by atoms with van der Waals surface area (Å²) in [5.41, 5.74) is 3.59. The van der Waals surface area contributed by atoms with E-state index in [-0.39, 0.29) is 0 Å². The normalized spacial score (nSPS) is 9.06. The molecule has 0 spiro atoms. The number of nitrogens with zero attached hydrogens (tertiary/aromatic N) is 2. The van der Waals surface area contributed by atoms with Crippen molar-refractivity contribution in [2.75, 3.05) is 5.32 Å². The van der Waals surface area contributed by atoms with Crippen molar-refractivity contribution < 1.29 is 0 Å². The second kappa shape index (κ2) is 5.44. The average Bonchev–Trinajstić information content (AvgIpc) is 2.41. The molecular weight excluding hydrogens is 224 g/mol. The Kier molecular flexibility index (Phi) is 3.50. The van der Waals surface area contributed by atoms with E-state index in [1.807, 2.05) is 60.7 Å². The summed E-state index contributed by atoms with van der Waals surface area (Å²) in [6, 6.07) is 17.1. The van der Waals surface area contributed by atoms with E-state index >= 15 is 0 Å². The van der Waals surface area contributed by atoms with Crippen LogP contribution in [0.3, 0.4) is 0 Å². The molecule has 0 saturated heterocycles. The second-order valence-electron chi connectivity index (χ2n) is 3.58. The fourth-order valence-electron chi connectivity index (χ4n) is 1.60. The fraction of sp³-hybridized carbons (Fsp3) is 0. The molecular formula is C14H10N4. The quantitative estimate of drug-likeness (QED) is 0.483. The van der Waals surface area contributed by atoms with Gasteiger partial charge in [0, 0.05) is 5.69 Å². The molecule has 0 unspecified atom stereocenters. The van der Waals surface area contributed by atoms with Crippen molar-refractivity contribution in [1.29, 1.82) is 10.7 Å². The number of hydrogen-bond donors (Lipinski definition) is 2. The highest BCUT2D eigenvalue weighted by atomic mass is 14.9. The molecule has 0 radical (unpaired) electrons. The van der Waals surface area contributed by atoms with Gasteiger partial charge in [0.15, 0.2) is 6.19 Å². The maximum absolute atomic E-state index is 8.49. The maximum atomic E-state index is 8.49. The van der Waals surface area contributed by atoms with E-state index < -0.39 is 0 Å². The molecule has 0 fully saturated rings. The van der Waals surface area contributed by atoms with Crippen LogP contribution in [0, 0.1) is 16.9 Å². The molecule has 2 aromatic carbocycles. The molecule has 0 heterocycles. The first-order valence-corrected chi connectivity index (χ1v) is 5.31. The molecule has 18 heavy (non-hydrogen) atoms. The van der Waals surface area contributed by atoms with Gasteiger partial charge in [-0.25, -0.2) is 5.41 Å². The number of nitrogens with one attached hydrogen (secondary N) is 2. The molecule has 0 aliphatic heterocycles. The number of benzene rings is 2. The largest absolute Gasteiger partial charge is 0.293 e. The Morgan fingerprint density at radius 2 is 1.50 bits per heavy atom. The van der Waals surface area contributed by atoms with Crippen molar-refractivity contribution in [3.05, 3.63) is 48.5 Å². The molecule has 0 atom stereocenters. The summed E-state index contributed by atoms with van der Waals surface area (Å²) in [6.45, 7) is 0. The Balaban J connectivity index is 2.26. The van der Waals surface area contributed by atoms with Crippen LogP contribution in [0.25, 0.3) is 11.1 Å². The van der Waals surface area contributed by atoms with Crippen LogP contribution in [0.4, 0.5) is 11.4 Å². The van der Waals surface area contributed by atoms with Gasteiger partial charge in [-0.15, -0.1) is 0 Å². The third-order valence-corrected chi connectivity index (χ3v) is 2.47. The van der Waals surface area contributed by atoms with Gasteiger partial charge >= 0.3 is 0 Å². The molecule has 2 N–H and O–H groups in total. The Morgan fingerprint density at radius 3 is 2.00 bits per heavy atom. The van der Waals surface area contributed by atoms with Gasteiger partial charge in [0.1, 0.15) is 0 Å². The number of hydrogen-bond acceptors (Lipinski definition) is 4. The smallest absolute Gasteiger partial charge is 0.181 e. The van der Waals surface area contributed by atoms with Crippen LogP contribution >= 0.6 is 0 Å². The van der Waals surface area contributed by atoms with Crippen LogP contribution < -0.4 is 5.32 Å². The lowest BCUT2D eigenvalue weighted by Gasteiger charge is -2.03. The molecule has 4 heteroatoms. The highest BCUT2D eigenvalue weighted by molar-refractivity contribution is 5.68. The van der Waals surface area contributed by atoms with E-state index in [2.05, 4.69) is 10.3 Å². The van der Waals surface area contributed by atoms with Gasteiger partial charge in [-0.2, -0.15) is 10.3 Å². The van der Waals surface area contributed by atoms with E-state index in [1.54, 1.807) is 0 Å². The number of anilines is 1. The van der Waals surface area contributed by atoms with E-state index in [0.29, 0.717) is 5.69 Å². The highest BCUT2D eigenvalue weighted by Crippen LogP contribution is 2.23. The molecule has 0 bridgehead atoms. The summed E-state index contributed by atoms with van der Waals surface area (Å²) in [6.07, 6.45) is 1.88. The van der Waals surface area contributed by atoms with Gasteiger partial charge in [-0.1, -0.05) is 24.3 Å². The topological polar surface area (TPSA) is 72.0 Å². The van der Waals surface area contributed by atoms with Gasteiger partial charge in [-0.3, -0.25) is 5.32 Å². The van der Waals surface area contributed by atoms with Crippen molar-refractivity contribution in [3.63, 3.8) is 0 Å². The lowest BCUT2D eigenvalue weighted by molar-refractivity contribution is 1.46. The predicted octanol–water partition coefficient (Wildman–Crippen LogP) is 3.63.